The second kappa shape index (κ2) is 3.77. The minimum Gasteiger partial charge on any atom is -0.335 e. The van der Waals surface area contributed by atoms with E-state index in [0.29, 0.717) is 6.04 Å². The molecule has 1 heterocycles. The fraction of sp³-hybridized carbons (Fsp3) is 0.625. The van der Waals surface area contributed by atoms with Crippen molar-refractivity contribution in [3.8, 4) is 0 Å². The molecule has 62 valence electrons. The molecule has 0 amide bonds. The maximum Gasteiger partial charge on any atom is 0.0948 e. The first-order valence-electron chi connectivity index (χ1n) is 3.81. The fourth-order valence-corrected chi connectivity index (χ4v) is 1.38. The molecular weight excluding hydrogens is 160 g/mol. The summed E-state index contributed by atoms with van der Waals surface area (Å²) in [6, 6.07) is 0.449. The monoisotopic (exact) mass is 172 g/mol. The lowest BCUT2D eigenvalue weighted by Gasteiger charge is -2.13. The van der Waals surface area contributed by atoms with Gasteiger partial charge in [-0.15, -0.1) is 11.6 Å². The van der Waals surface area contributed by atoms with Crippen LogP contribution in [-0.4, -0.2) is 14.9 Å². The Morgan fingerprint density at radius 1 is 1.55 bits per heavy atom. The Hall–Kier alpha value is -0.500. The summed E-state index contributed by atoms with van der Waals surface area (Å²) in [7, 11) is 0. The Bertz CT molecular complexity index is 194. The first-order chi connectivity index (χ1) is 5.20. The zero-order valence-electron chi connectivity index (χ0n) is 6.87. The van der Waals surface area contributed by atoms with Gasteiger partial charge in [-0.2, -0.15) is 0 Å². The molecule has 0 aliphatic rings. The number of hydrogen-bond donors (Lipinski definition) is 0. The Morgan fingerprint density at radius 3 is 2.73 bits per heavy atom. The standard InChI is InChI=1S/C8H13ClN2/c1-7(9)5-8(2)11-4-3-10-6-11/h3-4,6-8H,5H2,1-2H3. The molecule has 0 aliphatic carbocycles. The van der Waals surface area contributed by atoms with Crippen molar-refractivity contribution in [2.75, 3.05) is 0 Å². The van der Waals surface area contributed by atoms with Crippen LogP contribution in [0.3, 0.4) is 0 Å². The summed E-state index contributed by atoms with van der Waals surface area (Å²) < 4.78 is 2.07. The van der Waals surface area contributed by atoms with Crippen molar-refractivity contribution in [3.05, 3.63) is 18.7 Å². The highest BCUT2D eigenvalue weighted by molar-refractivity contribution is 6.20. The predicted molar refractivity (Wildman–Crippen MR) is 46.9 cm³/mol. The lowest BCUT2D eigenvalue weighted by atomic mass is 10.2. The normalized spacial score (nSPS) is 16.3. The summed E-state index contributed by atoms with van der Waals surface area (Å²) in [5.41, 5.74) is 0. The van der Waals surface area contributed by atoms with Crippen molar-refractivity contribution in [2.45, 2.75) is 31.7 Å². The van der Waals surface area contributed by atoms with E-state index in [2.05, 4.69) is 16.5 Å². The highest BCUT2D eigenvalue weighted by Gasteiger charge is 2.06. The number of hydrogen-bond acceptors (Lipinski definition) is 1. The molecule has 3 heteroatoms. The van der Waals surface area contributed by atoms with Gasteiger partial charge in [0, 0.05) is 23.8 Å². The quantitative estimate of drug-likeness (QED) is 0.641. The number of nitrogens with zero attached hydrogens (tertiary/aromatic N) is 2. The van der Waals surface area contributed by atoms with E-state index in [9.17, 15) is 0 Å². The van der Waals surface area contributed by atoms with Crippen LogP contribution in [0.4, 0.5) is 0 Å². The number of alkyl halides is 1. The van der Waals surface area contributed by atoms with Gasteiger partial charge in [-0.1, -0.05) is 0 Å². The molecule has 0 bridgehead atoms. The van der Waals surface area contributed by atoms with Crippen LogP contribution in [0.15, 0.2) is 18.7 Å². The fourth-order valence-electron chi connectivity index (χ4n) is 1.12. The summed E-state index contributed by atoms with van der Waals surface area (Å²) in [5, 5.41) is 0.229. The average molecular weight is 173 g/mol. The zero-order chi connectivity index (χ0) is 8.27. The Morgan fingerprint density at radius 2 is 2.27 bits per heavy atom. The van der Waals surface area contributed by atoms with Crippen LogP contribution in [0.1, 0.15) is 26.3 Å². The van der Waals surface area contributed by atoms with Gasteiger partial charge in [0.25, 0.3) is 0 Å². The van der Waals surface area contributed by atoms with Crippen molar-refractivity contribution in [1.82, 2.24) is 9.55 Å². The molecule has 0 spiro atoms. The molecule has 0 N–H and O–H groups in total. The van der Waals surface area contributed by atoms with Crippen LogP contribution in [0.25, 0.3) is 0 Å². The molecule has 0 saturated heterocycles. The maximum atomic E-state index is 5.86. The van der Waals surface area contributed by atoms with Gasteiger partial charge in [0.05, 0.1) is 6.33 Å². The van der Waals surface area contributed by atoms with E-state index >= 15 is 0 Å². The van der Waals surface area contributed by atoms with Gasteiger partial charge >= 0.3 is 0 Å². The van der Waals surface area contributed by atoms with Crippen molar-refractivity contribution in [3.63, 3.8) is 0 Å². The lowest BCUT2D eigenvalue weighted by Crippen LogP contribution is -2.06. The average Bonchev–Trinajstić information content (AvgIpc) is 2.35. The molecule has 1 aromatic rings. The van der Waals surface area contributed by atoms with E-state index in [0.717, 1.165) is 6.42 Å². The van der Waals surface area contributed by atoms with Crippen LogP contribution in [0.5, 0.6) is 0 Å². The number of rotatable bonds is 3. The van der Waals surface area contributed by atoms with Crippen LogP contribution >= 0.6 is 11.6 Å². The third-order valence-electron chi connectivity index (χ3n) is 1.70. The van der Waals surface area contributed by atoms with Crippen molar-refractivity contribution < 1.29 is 0 Å². The molecule has 1 rings (SSSR count). The Balaban J connectivity index is 2.49. The van der Waals surface area contributed by atoms with Crippen LogP contribution in [0.2, 0.25) is 0 Å². The van der Waals surface area contributed by atoms with E-state index in [4.69, 9.17) is 11.6 Å². The van der Waals surface area contributed by atoms with Gasteiger partial charge < -0.3 is 4.57 Å². The van der Waals surface area contributed by atoms with Crippen LogP contribution < -0.4 is 0 Å². The smallest absolute Gasteiger partial charge is 0.0948 e. The molecule has 2 nitrogen and oxygen atoms in total. The lowest BCUT2D eigenvalue weighted by molar-refractivity contribution is 0.503. The zero-order valence-corrected chi connectivity index (χ0v) is 7.62. The first-order valence-corrected chi connectivity index (χ1v) is 4.25. The van der Waals surface area contributed by atoms with Crippen LogP contribution in [-0.2, 0) is 0 Å². The van der Waals surface area contributed by atoms with E-state index in [1.807, 2.05) is 19.4 Å². The summed E-state index contributed by atoms with van der Waals surface area (Å²) >= 11 is 5.86. The summed E-state index contributed by atoms with van der Waals surface area (Å²) in [6.45, 7) is 4.15. The topological polar surface area (TPSA) is 17.8 Å². The van der Waals surface area contributed by atoms with Gasteiger partial charge in [0.15, 0.2) is 0 Å². The molecule has 2 atom stereocenters. The second-order valence-electron chi connectivity index (χ2n) is 2.88. The SMILES string of the molecule is CC(Cl)CC(C)n1ccnc1. The van der Waals surface area contributed by atoms with E-state index < -0.39 is 0 Å². The Kier molecular flexibility index (Phi) is 2.94. The molecule has 0 aromatic carbocycles. The second-order valence-corrected chi connectivity index (χ2v) is 3.62. The van der Waals surface area contributed by atoms with Gasteiger partial charge in [0.2, 0.25) is 0 Å². The molecule has 0 radical (unpaired) electrons. The van der Waals surface area contributed by atoms with Crippen LogP contribution in [0, 0.1) is 0 Å². The minimum absolute atomic E-state index is 0.229. The molecular formula is C8H13ClN2. The number of halogens is 1. The third kappa shape index (κ3) is 2.54. The molecule has 1 aromatic heterocycles. The Labute approximate surface area is 72.2 Å². The maximum absolute atomic E-state index is 5.86. The molecule has 0 fully saturated rings. The molecule has 0 saturated carbocycles. The van der Waals surface area contributed by atoms with E-state index in [1.165, 1.54) is 0 Å². The van der Waals surface area contributed by atoms with Crippen molar-refractivity contribution >= 4 is 11.6 Å². The molecule has 11 heavy (non-hydrogen) atoms. The predicted octanol–water partition coefficient (Wildman–Crippen LogP) is 2.46. The van der Waals surface area contributed by atoms with E-state index in [1.54, 1.807) is 6.20 Å². The summed E-state index contributed by atoms with van der Waals surface area (Å²) in [5.74, 6) is 0. The third-order valence-corrected chi connectivity index (χ3v) is 1.88. The van der Waals surface area contributed by atoms with Gasteiger partial charge in [-0.3, -0.25) is 0 Å². The minimum atomic E-state index is 0.229. The molecule has 2 unspecified atom stereocenters. The first kappa shape index (κ1) is 8.60. The van der Waals surface area contributed by atoms with Gasteiger partial charge in [0.1, 0.15) is 0 Å². The largest absolute Gasteiger partial charge is 0.335 e. The highest BCUT2D eigenvalue weighted by atomic mass is 35.5. The van der Waals surface area contributed by atoms with Crippen molar-refractivity contribution in [2.24, 2.45) is 0 Å². The number of imidazole rings is 1. The van der Waals surface area contributed by atoms with Crippen molar-refractivity contribution in [1.29, 1.82) is 0 Å². The van der Waals surface area contributed by atoms with E-state index in [-0.39, 0.29) is 5.38 Å². The summed E-state index contributed by atoms with van der Waals surface area (Å²) in [6.07, 6.45) is 6.56. The highest BCUT2D eigenvalue weighted by Crippen LogP contribution is 2.15. The van der Waals surface area contributed by atoms with Gasteiger partial charge in [-0.25, -0.2) is 4.98 Å². The summed E-state index contributed by atoms with van der Waals surface area (Å²) in [4.78, 5) is 3.97. The number of aromatic nitrogens is 2. The van der Waals surface area contributed by atoms with Gasteiger partial charge in [-0.05, 0) is 20.3 Å². The molecule has 0 aliphatic heterocycles.